The molecule has 3 rings (SSSR count). The lowest BCUT2D eigenvalue weighted by Crippen LogP contribution is -2.15. The van der Waals surface area contributed by atoms with Crippen molar-refractivity contribution in [1.82, 2.24) is 9.38 Å². The van der Waals surface area contributed by atoms with E-state index in [1.54, 1.807) is 38.5 Å². The molecule has 2 aromatic heterocycles. The van der Waals surface area contributed by atoms with Crippen molar-refractivity contribution in [3.63, 3.8) is 0 Å². The van der Waals surface area contributed by atoms with E-state index in [1.165, 1.54) is 28.8 Å². The first-order valence-electron chi connectivity index (χ1n) is 7.68. The number of hydrogen-bond donors (Lipinski definition) is 1. The number of pyridine rings is 1. The van der Waals surface area contributed by atoms with Crippen molar-refractivity contribution < 1.29 is 19.4 Å². The van der Waals surface area contributed by atoms with Crippen LogP contribution in [0.1, 0.15) is 21.6 Å². The number of nitrogens with zero attached hydrogens (tertiary/aromatic N) is 2. The predicted octanol–water partition coefficient (Wildman–Crippen LogP) is 2.58. The van der Waals surface area contributed by atoms with Crippen LogP contribution >= 0.6 is 0 Å². The molecular formula is C19H16N2O5. The van der Waals surface area contributed by atoms with Gasteiger partial charge in [0.15, 0.2) is 0 Å². The van der Waals surface area contributed by atoms with Gasteiger partial charge < -0.3 is 14.6 Å². The highest BCUT2D eigenvalue weighted by molar-refractivity contribution is 5.87. The van der Waals surface area contributed by atoms with E-state index < -0.39 is 5.97 Å². The number of rotatable bonds is 5. The maximum absolute atomic E-state index is 12.3. The maximum Gasteiger partial charge on any atom is 0.337 e. The van der Waals surface area contributed by atoms with Crippen molar-refractivity contribution in [2.75, 3.05) is 14.2 Å². The van der Waals surface area contributed by atoms with Crippen LogP contribution in [0.15, 0.2) is 47.4 Å². The largest absolute Gasteiger partial charge is 0.497 e. The Morgan fingerprint density at radius 3 is 2.62 bits per heavy atom. The Balaban J connectivity index is 2.02. The monoisotopic (exact) mass is 352 g/mol. The highest BCUT2D eigenvalue weighted by atomic mass is 16.5. The minimum atomic E-state index is -1.10. The Morgan fingerprint density at radius 2 is 1.92 bits per heavy atom. The summed E-state index contributed by atoms with van der Waals surface area (Å²) in [6.07, 6.45) is 4.71. The molecule has 26 heavy (non-hydrogen) atoms. The van der Waals surface area contributed by atoms with Gasteiger partial charge in [-0.25, -0.2) is 9.78 Å². The van der Waals surface area contributed by atoms with Crippen LogP contribution in [0, 0.1) is 0 Å². The zero-order chi connectivity index (χ0) is 18.7. The van der Waals surface area contributed by atoms with Gasteiger partial charge in [-0.1, -0.05) is 0 Å². The molecule has 0 aliphatic rings. The normalized spacial score (nSPS) is 11.0. The van der Waals surface area contributed by atoms with Crippen molar-refractivity contribution in [3.8, 4) is 11.5 Å². The third-order valence-corrected chi connectivity index (χ3v) is 3.80. The van der Waals surface area contributed by atoms with Crippen molar-refractivity contribution in [1.29, 1.82) is 0 Å². The van der Waals surface area contributed by atoms with Crippen molar-refractivity contribution in [2.24, 2.45) is 0 Å². The van der Waals surface area contributed by atoms with Gasteiger partial charge in [0, 0.05) is 17.8 Å². The van der Waals surface area contributed by atoms with Crippen LogP contribution < -0.4 is 15.0 Å². The van der Waals surface area contributed by atoms with Crippen LogP contribution in [0.3, 0.4) is 0 Å². The van der Waals surface area contributed by atoms with Crippen molar-refractivity contribution in [3.05, 3.63) is 69.8 Å². The number of fused-ring (bicyclic) bond motifs is 1. The molecule has 3 aromatic rings. The Morgan fingerprint density at radius 1 is 1.12 bits per heavy atom. The SMILES string of the molecule is COc1ccc(OC)c(/C=C/c2cc(=O)n3cc(C(=O)O)ccc3n2)c1. The number of carboxylic acid groups (broad SMARTS) is 1. The summed E-state index contributed by atoms with van der Waals surface area (Å²) in [6.45, 7) is 0. The predicted molar refractivity (Wildman–Crippen MR) is 96.9 cm³/mol. The lowest BCUT2D eigenvalue weighted by atomic mass is 10.1. The third kappa shape index (κ3) is 3.41. The van der Waals surface area contributed by atoms with Gasteiger partial charge in [-0.3, -0.25) is 9.20 Å². The maximum atomic E-state index is 12.3. The number of ether oxygens (including phenoxy) is 2. The van der Waals surface area contributed by atoms with Crippen LogP contribution in [-0.4, -0.2) is 34.7 Å². The minimum absolute atomic E-state index is 0.0193. The van der Waals surface area contributed by atoms with Gasteiger partial charge in [-0.15, -0.1) is 0 Å². The molecular weight excluding hydrogens is 336 g/mol. The van der Waals surface area contributed by atoms with E-state index in [-0.39, 0.29) is 11.1 Å². The molecule has 0 atom stereocenters. The van der Waals surface area contributed by atoms with E-state index in [1.807, 2.05) is 6.07 Å². The summed E-state index contributed by atoms with van der Waals surface area (Å²) < 4.78 is 11.7. The summed E-state index contributed by atoms with van der Waals surface area (Å²) in [4.78, 5) is 27.6. The molecule has 0 aliphatic heterocycles. The van der Waals surface area contributed by atoms with E-state index in [2.05, 4.69) is 4.98 Å². The van der Waals surface area contributed by atoms with E-state index >= 15 is 0 Å². The Hall–Kier alpha value is -3.61. The summed E-state index contributed by atoms with van der Waals surface area (Å²) in [7, 11) is 3.15. The zero-order valence-electron chi connectivity index (χ0n) is 14.2. The number of carboxylic acids is 1. The van der Waals surface area contributed by atoms with Gasteiger partial charge in [0.2, 0.25) is 0 Å². The van der Waals surface area contributed by atoms with Gasteiger partial charge in [-0.05, 0) is 42.5 Å². The summed E-state index contributed by atoms with van der Waals surface area (Å²) in [6, 6.07) is 9.62. The zero-order valence-corrected chi connectivity index (χ0v) is 14.2. The van der Waals surface area contributed by atoms with Gasteiger partial charge in [0.05, 0.1) is 25.5 Å². The Labute approximate surface area is 148 Å². The molecule has 2 heterocycles. The van der Waals surface area contributed by atoms with E-state index in [9.17, 15) is 9.59 Å². The molecule has 0 bridgehead atoms. The lowest BCUT2D eigenvalue weighted by molar-refractivity contribution is 0.0696. The molecule has 0 unspecified atom stereocenters. The Kier molecular flexibility index (Phi) is 4.70. The number of hydrogen-bond acceptors (Lipinski definition) is 5. The average molecular weight is 352 g/mol. The molecule has 0 amide bonds. The molecule has 1 aromatic carbocycles. The lowest BCUT2D eigenvalue weighted by Gasteiger charge is -2.07. The second-order valence-corrected chi connectivity index (χ2v) is 5.41. The molecule has 0 spiro atoms. The molecule has 132 valence electrons. The van der Waals surface area contributed by atoms with Crippen LogP contribution in [-0.2, 0) is 0 Å². The number of aromatic carboxylic acids is 1. The highest BCUT2D eigenvalue weighted by Gasteiger charge is 2.07. The number of carbonyl (C=O) groups is 1. The fourth-order valence-corrected chi connectivity index (χ4v) is 2.48. The fourth-order valence-electron chi connectivity index (χ4n) is 2.48. The molecule has 7 heteroatoms. The Bertz CT molecular complexity index is 1070. The summed E-state index contributed by atoms with van der Waals surface area (Å²) in [5.74, 6) is 0.233. The molecule has 0 saturated heterocycles. The summed E-state index contributed by atoms with van der Waals surface area (Å²) in [5, 5.41) is 9.02. The molecule has 0 fully saturated rings. The molecule has 0 aliphatic carbocycles. The minimum Gasteiger partial charge on any atom is -0.497 e. The molecule has 7 nitrogen and oxygen atoms in total. The van der Waals surface area contributed by atoms with E-state index in [4.69, 9.17) is 14.6 Å². The number of methoxy groups -OCH3 is 2. The summed E-state index contributed by atoms with van der Waals surface area (Å²) in [5.41, 5.74) is 1.24. The van der Waals surface area contributed by atoms with Crippen LogP contribution in [0.2, 0.25) is 0 Å². The third-order valence-electron chi connectivity index (χ3n) is 3.80. The molecule has 0 saturated carbocycles. The van der Waals surface area contributed by atoms with Gasteiger partial charge in [-0.2, -0.15) is 0 Å². The van der Waals surface area contributed by atoms with Crippen LogP contribution in [0.4, 0.5) is 0 Å². The topological polar surface area (TPSA) is 90.1 Å². The standard InChI is InChI=1S/C19H16N2O5/c1-25-15-6-7-16(26-2)12(9-15)3-5-14-10-18(22)21-11-13(19(23)24)4-8-17(21)20-14/h3-11H,1-2H3,(H,23,24)/b5-3+. The average Bonchev–Trinajstić information content (AvgIpc) is 2.65. The summed E-state index contributed by atoms with van der Waals surface area (Å²) >= 11 is 0. The van der Waals surface area contributed by atoms with Gasteiger partial charge in [0.1, 0.15) is 17.1 Å². The second-order valence-electron chi connectivity index (χ2n) is 5.41. The van der Waals surface area contributed by atoms with Crippen LogP contribution in [0.25, 0.3) is 17.8 Å². The van der Waals surface area contributed by atoms with Crippen molar-refractivity contribution >= 4 is 23.8 Å². The van der Waals surface area contributed by atoms with E-state index in [0.717, 1.165) is 5.56 Å². The van der Waals surface area contributed by atoms with Gasteiger partial charge in [0.25, 0.3) is 5.56 Å². The fraction of sp³-hybridized carbons (Fsp3) is 0.105. The highest BCUT2D eigenvalue weighted by Crippen LogP contribution is 2.25. The number of benzene rings is 1. The smallest absolute Gasteiger partial charge is 0.337 e. The van der Waals surface area contributed by atoms with E-state index in [0.29, 0.717) is 22.8 Å². The first-order valence-corrected chi connectivity index (χ1v) is 7.68. The van der Waals surface area contributed by atoms with Gasteiger partial charge >= 0.3 is 5.97 Å². The second kappa shape index (κ2) is 7.10. The quantitative estimate of drug-likeness (QED) is 0.759. The number of aromatic nitrogens is 2. The molecule has 0 radical (unpaired) electrons. The first kappa shape index (κ1) is 17.2. The molecule has 1 N–H and O–H groups in total. The first-order chi connectivity index (χ1) is 12.5. The van der Waals surface area contributed by atoms with Crippen LogP contribution in [0.5, 0.6) is 11.5 Å². The van der Waals surface area contributed by atoms with Crippen molar-refractivity contribution in [2.45, 2.75) is 0 Å².